The van der Waals surface area contributed by atoms with Gasteiger partial charge < -0.3 is 9.13 Å². The second kappa shape index (κ2) is 8.63. The molecule has 8 heteroatoms. The molecule has 4 heterocycles. The fraction of sp³-hybridized carbons (Fsp3) is 0.280. The number of imidazole rings is 2. The Kier molecular flexibility index (Phi) is 5.20. The highest BCUT2D eigenvalue weighted by molar-refractivity contribution is 5.73. The third-order valence-electron chi connectivity index (χ3n) is 6.55. The predicted octanol–water partition coefficient (Wildman–Crippen LogP) is 3.70. The van der Waals surface area contributed by atoms with Crippen LogP contribution in [0.25, 0.3) is 16.7 Å². The molecule has 5 aromatic rings. The first-order valence-electron chi connectivity index (χ1n) is 11.4. The van der Waals surface area contributed by atoms with Crippen molar-refractivity contribution in [3.8, 4) is 5.69 Å². The fourth-order valence-corrected chi connectivity index (χ4v) is 4.76. The standard InChI is InChI=1S/C25H26N8/c1-2-4-24-23(3-1)28-29-33(24)19-32-16-12-27-25(32)21-9-13-30(14-10-21)17-20-5-7-22(8-6-20)31-15-11-26-18-31/h1-8,11-12,15-16,18,21H,9-10,13-14,17,19H2. The molecule has 8 nitrogen and oxygen atoms in total. The molecule has 1 aliphatic heterocycles. The van der Waals surface area contributed by atoms with Gasteiger partial charge in [-0.1, -0.05) is 29.5 Å². The summed E-state index contributed by atoms with van der Waals surface area (Å²) in [4.78, 5) is 11.4. The molecule has 166 valence electrons. The predicted molar refractivity (Wildman–Crippen MR) is 126 cm³/mol. The summed E-state index contributed by atoms with van der Waals surface area (Å²) in [7, 11) is 0. The molecular weight excluding hydrogens is 412 g/mol. The van der Waals surface area contributed by atoms with Gasteiger partial charge in [0.2, 0.25) is 0 Å². The zero-order chi connectivity index (χ0) is 22.0. The minimum absolute atomic E-state index is 0.467. The molecule has 0 aliphatic carbocycles. The number of hydrogen-bond donors (Lipinski definition) is 0. The van der Waals surface area contributed by atoms with Gasteiger partial charge in [0, 0.05) is 42.9 Å². The van der Waals surface area contributed by atoms with Crippen molar-refractivity contribution in [2.24, 2.45) is 0 Å². The Morgan fingerprint density at radius 2 is 1.76 bits per heavy atom. The van der Waals surface area contributed by atoms with Crippen molar-refractivity contribution in [3.05, 3.63) is 91.0 Å². The Labute approximate surface area is 192 Å². The number of hydrogen-bond acceptors (Lipinski definition) is 5. The van der Waals surface area contributed by atoms with E-state index in [1.165, 1.54) is 5.56 Å². The average Bonchev–Trinajstić information content (AvgIpc) is 3.63. The number of likely N-dealkylation sites (tertiary alicyclic amines) is 1. The van der Waals surface area contributed by atoms with Gasteiger partial charge in [-0.05, 0) is 55.8 Å². The van der Waals surface area contributed by atoms with E-state index >= 15 is 0 Å². The highest BCUT2D eigenvalue weighted by Crippen LogP contribution is 2.28. The molecule has 0 radical (unpaired) electrons. The van der Waals surface area contributed by atoms with Gasteiger partial charge in [0.15, 0.2) is 0 Å². The van der Waals surface area contributed by atoms with Crippen LogP contribution in [0, 0.1) is 0 Å². The highest BCUT2D eigenvalue weighted by Gasteiger charge is 2.24. The Morgan fingerprint density at radius 1 is 0.909 bits per heavy atom. The third-order valence-corrected chi connectivity index (χ3v) is 6.55. The monoisotopic (exact) mass is 438 g/mol. The van der Waals surface area contributed by atoms with Crippen LogP contribution in [0.1, 0.15) is 30.1 Å². The van der Waals surface area contributed by atoms with E-state index in [9.17, 15) is 0 Å². The van der Waals surface area contributed by atoms with Gasteiger partial charge in [-0.3, -0.25) is 4.90 Å². The summed E-state index contributed by atoms with van der Waals surface area (Å²) < 4.78 is 6.19. The van der Waals surface area contributed by atoms with Crippen molar-refractivity contribution >= 4 is 11.0 Å². The van der Waals surface area contributed by atoms with Crippen LogP contribution in [0.4, 0.5) is 0 Å². The molecule has 0 N–H and O–H groups in total. The molecular formula is C25H26N8. The lowest BCUT2D eigenvalue weighted by Crippen LogP contribution is -2.33. The molecule has 1 saturated heterocycles. The number of nitrogens with zero attached hydrogens (tertiary/aromatic N) is 8. The normalized spacial score (nSPS) is 15.4. The lowest BCUT2D eigenvalue weighted by atomic mass is 9.95. The Bertz CT molecular complexity index is 1320. The molecule has 0 atom stereocenters. The summed E-state index contributed by atoms with van der Waals surface area (Å²) >= 11 is 0. The SMILES string of the molecule is c1ccc2c(c1)nnn2Cn1ccnc1C1CCN(Cc2ccc(-n3ccnc3)cc2)CC1. The van der Waals surface area contributed by atoms with E-state index in [1.54, 1.807) is 6.20 Å². The van der Waals surface area contributed by atoms with Gasteiger partial charge in [0.1, 0.15) is 18.0 Å². The number of para-hydroxylation sites is 1. The largest absolute Gasteiger partial charge is 0.314 e. The first-order valence-corrected chi connectivity index (χ1v) is 11.4. The van der Waals surface area contributed by atoms with E-state index in [1.807, 2.05) is 46.2 Å². The first-order chi connectivity index (χ1) is 16.3. The molecule has 6 rings (SSSR count). The van der Waals surface area contributed by atoms with Crippen LogP contribution in [-0.2, 0) is 13.2 Å². The molecule has 1 aliphatic rings. The van der Waals surface area contributed by atoms with Crippen molar-refractivity contribution in [2.75, 3.05) is 13.1 Å². The van der Waals surface area contributed by atoms with Crippen LogP contribution in [0.15, 0.2) is 79.6 Å². The topological polar surface area (TPSA) is 69.6 Å². The van der Waals surface area contributed by atoms with Crippen molar-refractivity contribution in [1.29, 1.82) is 0 Å². The van der Waals surface area contributed by atoms with Crippen LogP contribution < -0.4 is 0 Å². The summed E-state index contributed by atoms with van der Waals surface area (Å²) in [5.41, 5.74) is 4.45. The summed E-state index contributed by atoms with van der Waals surface area (Å²) in [6, 6.07) is 16.8. The summed E-state index contributed by atoms with van der Waals surface area (Å²) in [5, 5.41) is 8.62. The summed E-state index contributed by atoms with van der Waals surface area (Å²) in [5.74, 6) is 1.62. The van der Waals surface area contributed by atoms with Crippen LogP contribution in [-0.4, -0.2) is 52.1 Å². The Morgan fingerprint density at radius 3 is 2.58 bits per heavy atom. The zero-order valence-corrected chi connectivity index (χ0v) is 18.4. The lowest BCUT2D eigenvalue weighted by Gasteiger charge is -2.32. The maximum absolute atomic E-state index is 4.72. The van der Waals surface area contributed by atoms with E-state index < -0.39 is 0 Å². The van der Waals surface area contributed by atoms with Crippen LogP contribution in [0.2, 0.25) is 0 Å². The quantitative estimate of drug-likeness (QED) is 0.404. The number of benzene rings is 2. The molecule has 0 amide bonds. The van der Waals surface area contributed by atoms with E-state index in [-0.39, 0.29) is 0 Å². The number of piperidine rings is 1. The zero-order valence-electron chi connectivity index (χ0n) is 18.4. The van der Waals surface area contributed by atoms with Crippen LogP contribution in [0.5, 0.6) is 0 Å². The molecule has 0 bridgehead atoms. The fourth-order valence-electron chi connectivity index (χ4n) is 4.76. The minimum Gasteiger partial charge on any atom is -0.314 e. The summed E-state index contributed by atoms with van der Waals surface area (Å²) in [6.07, 6.45) is 11.8. The van der Waals surface area contributed by atoms with Gasteiger partial charge in [-0.25, -0.2) is 14.6 Å². The Balaban J connectivity index is 1.09. The maximum atomic E-state index is 4.72. The van der Waals surface area contributed by atoms with Gasteiger partial charge in [0.25, 0.3) is 0 Å². The van der Waals surface area contributed by atoms with Gasteiger partial charge in [-0.15, -0.1) is 5.10 Å². The van der Waals surface area contributed by atoms with E-state index in [4.69, 9.17) is 4.98 Å². The van der Waals surface area contributed by atoms with E-state index in [0.29, 0.717) is 12.6 Å². The van der Waals surface area contributed by atoms with Crippen molar-refractivity contribution in [1.82, 2.24) is 39.0 Å². The summed E-state index contributed by atoms with van der Waals surface area (Å²) in [6.45, 7) is 3.77. The first kappa shape index (κ1) is 19.9. The lowest BCUT2D eigenvalue weighted by molar-refractivity contribution is 0.199. The molecule has 0 spiro atoms. The Hall–Kier alpha value is -3.78. The average molecular weight is 439 g/mol. The van der Waals surface area contributed by atoms with E-state index in [0.717, 1.165) is 55.0 Å². The molecule has 0 unspecified atom stereocenters. The van der Waals surface area contributed by atoms with Crippen LogP contribution in [0.3, 0.4) is 0 Å². The van der Waals surface area contributed by atoms with Crippen molar-refractivity contribution in [2.45, 2.75) is 32.0 Å². The third kappa shape index (κ3) is 4.05. The molecule has 3 aromatic heterocycles. The molecule has 33 heavy (non-hydrogen) atoms. The second-order valence-electron chi connectivity index (χ2n) is 8.66. The molecule has 1 fully saturated rings. The number of aromatic nitrogens is 7. The van der Waals surface area contributed by atoms with Gasteiger partial charge in [0.05, 0.1) is 11.8 Å². The van der Waals surface area contributed by atoms with Gasteiger partial charge in [-0.2, -0.15) is 0 Å². The van der Waals surface area contributed by atoms with E-state index in [2.05, 4.69) is 61.3 Å². The van der Waals surface area contributed by atoms with Crippen molar-refractivity contribution in [3.63, 3.8) is 0 Å². The number of rotatable bonds is 6. The minimum atomic E-state index is 0.467. The number of fused-ring (bicyclic) bond motifs is 1. The molecule has 0 saturated carbocycles. The van der Waals surface area contributed by atoms with Gasteiger partial charge >= 0.3 is 0 Å². The van der Waals surface area contributed by atoms with Crippen LogP contribution >= 0.6 is 0 Å². The smallest absolute Gasteiger partial charge is 0.119 e. The second-order valence-corrected chi connectivity index (χ2v) is 8.66. The van der Waals surface area contributed by atoms with Crippen molar-refractivity contribution < 1.29 is 0 Å². The molecule has 2 aromatic carbocycles. The maximum Gasteiger partial charge on any atom is 0.119 e. The highest BCUT2D eigenvalue weighted by atomic mass is 15.5.